The molecule has 0 unspecified atom stereocenters. The van der Waals surface area contributed by atoms with Gasteiger partial charge in [0.25, 0.3) is 0 Å². The van der Waals surface area contributed by atoms with E-state index in [9.17, 15) is 4.79 Å². The van der Waals surface area contributed by atoms with E-state index in [-0.39, 0.29) is 6.42 Å². The van der Waals surface area contributed by atoms with Crippen LogP contribution < -0.4 is 0 Å². The summed E-state index contributed by atoms with van der Waals surface area (Å²) in [5.74, 6) is -3.06. The van der Waals surface area contributed by atoms with Gasteiger partial charge in [-0.1, -0.05) is 12.5 Å². The number of carbonyl (C=O) groups is 1. The zero-order chi connectivity index (χ0) is 10.6. The quantitative estimate of drug-likeness (QED) is 0.393. The second-order valence-electron chi connectivity index (χ2n) is 3.11. The summed E-state index contributed by atoms with van der Waals surface area (Å²) in [5.41, 5.74) is 1.18. The predicted molar refractivity (Wildman–Crippen MR) is 47.6 cm³/mol. The fraction of sp³-hybridized carbons (Fsp3) is 0.667. The molecule has 0 amide bonds. The first-order valence-electron chi connectivity index (χ1n) is 4.12. The number of esters is 1. The highest BCUT2D eigenvalue weighted by Gasteiger charge is 2.26. The highest BCUT2D eigenvalue weighted by atomic mass is 16.8. The summed E-state index contributed by atoms with van der Waals surface area (Å²) < 4.78 is 4.42. The Morgan fingerprint density at radius 2 is 1.77 bits per heavy atom. The van der Waals surface area contributed by atoms with Crippen LogP contribution in [-0.4, -0.2) is 22.2 Å². The molecule has 0 aromatic heterocycles. The summed E-state index contributed by atoms with van der Waals surface area (Å²) >= 11 is 0. The van der Waals surface area contributed by atoms with E-state index in [1.807, 2.05) is 0 Å². The van der Waals surface area contributed by atoms with Gasteiger partial charge in [0.05, 0.1) is 0 Å². The third kappa shape index (κ3) is 4.05. The van der Waals surface area contributed by atoms with Crippen molar-refractivity contribution in [3.05, 3.63) is 11.1 Å². The topological polar surface area (TPSA) is 66.8 Å². The van der Waals surface area contributed by atoms with Gasteiger partial charge in [0, 0.05) is 12.0 Å². The Kier molecular flexibility index (Phi) is 4.10. The maximum absolute atomic E-state index is 11.2. The minimum Gasteiger partial charge on any atom is -0.405 e. The zero-order valence-electron chi connectivity index (χ0n) is 8.42. The van der Waals surface area contributed by atoms with Crippen LogP contribution in [0.5, 0.6) is 0 Å². The first kappa shape index (κ1) is 12.1. The van der Waals surface area contributed by atoms with E-state index < -0.39 is 11.9 Å². The monoisotopic (exact) mass is 188 g/mol. The molecule has 0 fully saturated rings. The molecule has 4 heteroatoms. The lowest BCUT2D eigenvalue weighted by molar-refractivity contribution is -0.318. The lowest BCUT2D eigenvalue weighted by atomic mass is 10.2. The number of allylic oxidation sites excluding steroid dienone is 1. The third-order valence-electron chi connectivity index (χ3n) is 1.77. The number of carbonyl (C=O) groups excluding carboxylic acids is 1. The average molecular weight is 188 g/mol. The van der Waals surface area contributed by atoms with Crippen molar-refractivity contribution in [1.82, 2.24) is 0 Å². The summed E-state index contributed by atoms with van der Waals surface area (Å²) in [7, 11) is 0. The van der Waals surface area contributed by atoms with E-state index in [0.29, 0.717) is 5.57 Å². The van der Waals surface area contributed by atoms with Crippen molar-refractivity contribution in [3.63, 3.8) is 0 Å². The molecule has 0 rings (SSSR count). The Morgan fingerprint density at radius 1 is 1.31 bits per heavy atom. The van der Waals surface area contributed by atoms with E-state index in [1.54, 1.807) is 20.8 Å². The molecule has 0 aromatic carbocycles. The van der Waals surface area contributed by atoms with Crippen molar-refractivity contribution < 1.29 is 19.7 Å². The summed E-state index contributed by atoms with van der Waals surface area (Å²) in [6.07, 6.45) is -0.0607. The number of hydrogen-bond donors (Lipinski definition) is 2. The van der Waals surface area contributed by atoms with Gasteiger partial charge in [-0.3, -0.25) is 0 Å². The van der Waals surface area contributed by atoms with Crippen LogP contribution >= 0.6 is 0 Å². The molecule has 0 bridgehead atoms. The van der Waals surface area contributed by atoms with Gasteiger partial charge in [-0.2, -0.15) is 0 Å². The zero-order valence-corrected chi connectivity index (χ0v) is 8.42. The average Bonchev–Trinajstić information content (AvgIpc) is 2.02. The lowest BCUT2D eigenvalue weighted by Gasteiger charge is -2.19. The summed E-state index contributed by atoms with van der Waals surface area (Å²) in [6.45, 7) is 6.58. The van der Waals surface area contributed by atoms with Gasteiger partial charge < -0.3 is 14.9 Å². The van der Waals surface area contributed by atoms with Crippen molar-refractivity contribution in [1.29, 1.82) is 0 Å². The minimum absolute atomic E-state index is 0.0607. The second kappa shape index (κ2) is 4.39. The van der Waals surface area contributed by atoms with Crippen LogP contribution in [0.2, 0.25) is 0 Å². The van der Waals surface area contributed by atoms with Crippen molar-refractivity contribution >= 4 is 5.97 Å². The molecule has 76 valence electrons. The third-order valence-corrected chi connectivity index (χ3v) is 1.77. The Labute approximate surface area is 77.8 Å². The molecule has 13 heavy (non-hydrogen) atoms. The Hall–Kier alpha value is -0.870. The van der Waals surface area contributed by atoms with Crippen LogP contribution in [0.1, 0.15) is 34.1 Å². The van der Waals surface area contributed by atoms with Gasteiger partial charge in [0.15, 0.2) is 0 Å². The normalized spacial score (nSPS) is 10.9. The molecule has 0 saturated heterocycles. The van der Waals surface area contributed by atoms with E-state index in [4.69, 9.17) is 10.2 Å². The molecule has 0 aliphatic heterocycles. The Morgan fingerprint density at radius 3 is 2.08 bits per heavy atom. The number of rotatable bonds is 3. The fourth-order valence-electron chi connectivity index (χ4n) is 0.501. The Bertz CT molecular complexity index is 224. The lowest BCUT2D eigenvalue weighted by Crippen LogP contribution is -2.34. The highest BCUT2D eigenvalue weighted by Crippen LogP contribution is 2.12. The molecule has 0 aliphatic carbocycles. The first-order valence-corrected chi connectivity index (χ1v) is 4.12. The van der Waals surface area contributed by atoms with Crippen LogP contribution in [-0.2, 0) is 9.53 Å². The van der Waals surface area contributed by atoms with Gasteiger partial charge in [-0.25, -0.2) is 4.79 Å². The second-order valence-corrected chi connectivity index (χ2v) is 3.11. The van der Waals surface area contributed by atoms with Crippen molar-refractivity contribution in [2.24, 2.45) is 0 Å². The van der Waals surface area contributed by atoms with Crippen molar-refractivity contribution in [3.8, 4) is 0 Å². The molecule has 0 atom stereocenters. The summed E-state index contributed by atoms with van der Waals surface area (Å²) in [5, 5.41) is 18.0. The minimum atomic E-state index is -2.35. The van der Waals surface area contributed by atoms with Gasteiger partial charge in [-0.15, -0.1) is 0 Å². The van der Waals surface area contributed by atoms with Crippen LogP contribution in [0.15, 0.2) is 11.1 Å². The van der Waals surface area contributed by atoms with Crippen LogP contribution in [0.25, 0.3) is 0 Å². The van der Waals surface area contributed by atoms with Crippen LogP contribution in [0.4, 0.5) is 0 Å². The van der Waals surface area contributed by atoms with Crippen LogP contribution in [0.3, 0.4) is 0 Å². The number of ether oxygens (including phenoxy) is 1. The molecule has 0 aromatic rings. The maximum Gasteiger partial charge on any atom is 0.337 e. The fourth-order valence-corrected chi connectivity index (χ4v) is 0.501. The maximum atomic E-state index is 11.2. The van der Waals surface area contributed by atoms with E-state index in [0.717, 1.165) is 5.57 Å². The van der Waals surface area contributed by atoms with Gasteiger partial charge >= 0.3 is 11.9 Å². The first-order chi connectivity index (χ1) is 5.80. The molecular formula is C9H16O4. The van der Waals surface area contributed by atoms with Crippen molar-refractivity contribution in [2.45, 2.75) is 40.1 Å². The number of hydrogen-bond acceptors (Lipinski definition) is 4. The molecular weight excluding hydrogens is 172 g/mol. The van der Waals surface area contributed by atoms with E-state index in [1.165, 1.54) is 6.92 Å². The molecule has 0 heterocycles. The van der Waals surface area contributed by atoms with Crippen LogP contribution in [0, 0.1) is 0 Å². The molecule has 0 radical (unpaired) electrons. The number of aliphatic hydroxyl groups is 2. The van der Waals surface area contributed by atoms with Gasteiger partial charge in [-0.05, 0) is 20.8 Å². The smallest absolute Gasteiger partial charge is 0.337 e. The summed E-state index contributed by atoms with van der Waals surface area (Å²) in [4.78, 5) is 11.2. The van der Waals surface area contributed by atoms with E-state index in [2.05, 4.69) is 4.74 Å². The molecule has 0 spiro atoms. The Balaban J connectivity index is 4.42. The standard InChI is InChI=1S/C9H16O4/c1-5-9(11,12)13-8(10)7(4)6(2)3/h11-12H,5H2,1-4H3. The van der Waals surface area contributed by atoms with E-state index >= 15 is 0 Å². The largest absolute Gasteiger partial charge is 0.405 e. The molecule has 4 nitrogen and oxygen atoms in total. The van der Waals surface area contributed by atoms with Gasteiger partial charge in [0.2, 0.25) is 0 Å². The van der Waals surface area contributed by atoms with Gasteiger partial charge in [0.1, 0.15) is 0 Å². The predicted octanol–water partition coefficient (Wildman–Crippen LogP) is 0.934. The highest BCUT2D eigenvalue weighted by molar-refractivity contribution is 5.88. The van der Waals surface area contributed by atoms with Crippen molar-refractivity contribution in [2.75, 3.05) is 0 Å². The summed E-state index contributed by atoms with van der Waals surface area (Å²) in [6, 6.07) is 0. The molecule has 0 aliphatic rings. The molecule has 2 N–H and O–H groups in total. The SMILES string of the molecule is CCC(O)(O)OC(=O)C(C)=C(C)C. The molecule has 0 saturated carbocycles.